The van der Waals surface area contributed by atoms with Gasteiger partial charge in [-0.1, -0.05) is 22.9 Å². The Morgan fingerprint density at radius 3 is 2.93 bits per heavy atom. The van der Waals surface area contributed by atoms with Crippen LogP contribution in [0.2, 0.25) is 0 Å². The molecule has 0 aliphatic carbocycles. The summed E-state index contributed by atoms with van der Waals surface area (Å²) in [7, 11) is 0. The van der Waals surface area contributed by atoms with Gasteiger partial charge in [-0.15, -0.1) is 0 Å². The van der Waals surface area contributed by atoms with Gasteiger partial charge in [0, 0.05) is 23.3 Å². The highest BCUT2D eigenvalue weighted by atomic mass is 79.9. The third-order valence-corrected chi connectivity index (χ3v) is 2.14. The summed E-state index contributed by atoms with van der Waals surface area (Å²) in [5.74, 6) is 0.383. The van der Waals surface area contributed by atoms with Gasteiger partial charge in [-0.2, -0.15) is 0 Å². The number of hydrogen-bond acceptors (Lipinski definition) is 3. The third kappa shape index (κ3) is 3.49. The average Bonchev–Trinajstić information content (AvgIpc) is 2.07. The fraction of sp³-hybridized carbons (Fsp3) is 0.556. The van der Waals surface area contributed by atoms with Crippen LogP contribution in [0.25, 0.3) is 0 Å². The second-order valence-electron chi connectivity index (χ2n) is 3.33. The fourth-order valence-electron chi connectivity index (χ4n) is 1.23. The maximum absolute atomic E-state index is 11.2. The lowest BCUT2D eigenvalue weighted by Gasteiger charge is -2.14. The number of alkyl halides is 1. The van der Waals surface area contributed by atoms with Crippen molar-refractivity contribution in [3.05, 3.63) is 22.7 Å². The number of hydrogen-bond donors (Lipinski definition) is 2. The molecule has 1 aromatic heterocycles. The van der Waals surface area contributed by atoms with E-state index < -0.39 is 0 Å². The Hall–Kier alpha value is -0.840. The van der Waals surface area contributed by atoms with Crippen molar-refractivity contribution in [2.45, 2.75) is 31.1 Å². The number of halogens is 1. The summed E-state index contributed by atoms with van der Waals surface area (Å²) < 4.78 is 0. The van der Waals surface area contributed by atoms with E-state index in [0.29, 0.717) is 10.6 Å². The molecule has 0 aliphatic heterocycles. The minimum atomic E-state index is -0.179. The van der Waals surface area contributed by atoms with Crippen LogP contribution >= 0.6 is 15.9 Å². The number of nitrogens with one attached hydrogen (secondary N) is 2. The molecule has 2 N–H and O–H groups in total. The summed E-state index contributed by atoms with van der Waals surface area (Å²) in [6.45, 7) is 4.09. The molecule has 5 heteroatoms. The van der Waals surface area contributed by atoms with Crippen LogP contribution < -0.4 is 10.9 Å². The van der Waals surface area contributed by atoms with Crippen molar-refractivity contribution in [2.75, 3.05) is 5.32 Å². The summed E-state index contributed by atoms with van der Waals surface area (Å²) in [6.07, 6.45) is 4.02. The van der Waals surface area contributed by atoms with Crippen LogP contribution in [0.1, 0.15) is 20.3 Å². The van der Waals surface area contributed by atoms with E-state index in [1.807, 2.05) is 6.92 Å². The minimum absolute atomic E-state index is 0.179. The van der Waals surface area contributed by atoms with Crippen LogP contribution in [-0.4, -0.2) is 20.8 Å². The number of anilines is 1. The monoisotopic (exact) mass is 259 g/mol. The molecule has 1 rings (SSSR count). The van der Waals surface area contributed by atoms with Gasteiger partial charge in [0.2, 0.25) is 0 Å². The van der Waals surface area contributed by atoms with Gasteiger partial charge in [0.1, 0.15) is 0 Å². The molecule has 78 valence electrons. The van der Waals surface area contributed by atoms with Gasteiger partial charge < -0.3 is 10.3 Å². The van der Waals surface area contributed by atoms with Crippen LogP contribution in [0.15, 0.2) is 17.2 Å². The van der Waals surface area contributed by atoms with Crippen molar-refractivity contribution >= 4 is 21.7 Å². The normalized spacial score (nSPS) is 14.8. The Labute approximate surface area is 91.3 Å². The van der Waals surface area contributed by atoms with E-state index in [-0.39, 0.29) is 11.6 Å². The number of aromatic nitrogens is 2. The summed E-state index contributed by atoms with van der Waals surface area (Å²) >= 11 is 3.46. The molecule has 1 aromatic rings. The first-order valence-electron chi connectivity index (χ1n) is 4.54. The molecule has 2 unspecified atom stereocenters. The molecule has 2 atom stereocenters. The van der Waals surface area contributed by atoms with Crippen molar-refractivity contribution in [1.82, 2.24) is 9.97 Å². The standard InChI is InChI=1S/C9H14BrN3O/c1-6(10)5-7(2)13-8-9(14)12-4-3-11-8/h3-4,6-7H,5H2,1-2H3,(H,11,13)(H,12,14). The fourth-order valence-corrected chi connectivity index (χ4v) is 1.79. The van der Waals surface area contributed by atoms with E-state index in [1.165, 1.54) is 6.20 Å². The Kier molecular flexibility index (Phi) is 4.13. The van der Waals surface area contributed by atoms with Gasteiger partial charge >= 0.3 is 0 Å². The molecule has 0 fully saturated rings. The number of nitrogens with zero attached hydrogens (tertiary/aromatic N) is 1. The Morgan fingerprint density at radius 2 is 2.36 bits per heavy atom. The molecule has 0 aromatic carbocycles. The molecule has 0 bridgehead atoms. The van der Waals surface area contributed by atoms with Crippen molar-refractivity contribution < 1.29 is 0 Å². The first-order chi connectivity index (χ1) is 6.59. The van der Waals surface area contributed by atoms with Crippen molar-refractivity contribution in [1.29, 1.82) is 0 Å². The zero-order valence-corrected chi connectivity index (χ0v) is 9.84. The van der Waals surface area contributed by atoms with E-state index in [0.717, 1.165) is 6.42 Å². The van der Waals surface area contributed by atoms with E-state index in [1.54, 1.807) is 6.20 Å². The molecule has 0 radical (unpaired) electrons. The SMILES string of the molecule is CC(Br)CC(C)Nc1ncc[nH]c1=O. The van der Waals surface area contributed by atoms with Crippen LogP contribution in [0.4, 0.5) is 5.82 Å². The summed E-state index contributed by atoms with van der Waals surface area (Å²) in [5.41, 5.74) is -0.179. The quantitative estimate of drug-likeness (QED) is 0.811. The van der Waals surface area contributed by atoms with Gasteiger partial charge in [-0.05, 0) is 13.3 Å². The van der Waals surface area contributed by atoms with Gasteiger partial charge in [0.15, 0.2) is 5.82 Å². The lowest BCUT2D eigenvalue weighted by Crippen LogP contribution is -2.24. The molecule has 0 saturated heterocycles. The summed E-state index contributed by atoms with van der Waals surface area (Å²) in [4.78, 5) is 18.2. The highest BCUT2D eigenvalue weighted by Crippen LogP contribution is 2.09. The van der Waals surface area contributed by atoms with Crippen LogP contribution in [0.5, 0.6) is 0 Å². The zero-order chi connectivity index (χ0) is 10.6. The topological polar surface area (TPSA) is 57.8 Å². The lowest BCUT2D eigenvalue weighted by molar-refractivity contribution is 0.703. The van der Waals surface area contributed by atoms with Crippen LogP contribution in [-0.2, 0) is 0 Å². The summed E-state index contributed by atoms with van der Waals surface area (Å²) in [5, 5.41) is 3.06. The van der Waals surface area contributed by atoms with Crippen LogP contribution in [0, 0.1) is 0 Å². The molecular weight excluding hydrogens is 246 g/mol. The Bertz CT molecular complexity index is 337. The maximum atomic E-state index is 11.2. The van der Waals surface area contributed by atoms with Crippen LogP contribution in [0.3, 0.4) is 0 Å². The second-order valence-corrected chi connectivity index (χ2v) is 4.89. The molecule has 0 amide bonds. The Balaban J connectivity index is 2.60. The average molecular weight is 260 g/mol. The molecule has 14 heavy (non-hydrogen) atoms. The smallest absolute Gasteiger partial charge is 0.290 e. The van der Waals surface area contributed by atoms with Crippen molar-refractivity contribution in [3.63, 3.8) is 0 Å². The number of rotatable bonds is 4. The highest BCUT2D eigenvalue weighted by molar-refractivity contribution is 9.09. The molecule has 4 nitrogen and oxygen atoms in total. The van der Waals surface area contributed by atoms with E-state index in [2.05, 4.69) is 38.1 Å². The number of H-pyrrole nitrogens is 1. The van der Waals surface area contributed by atoms with Gasteiger partial charge in [-0.3, -0.25) is 4.79 Å². The van der Waals surface area contributed by atoms with Gasteiger partial charge in [-0.25, -0.2) is 4.98 Å². The first kappa shape index (κ1) is 11.2. The number of aromatic amines is 1. The van der Waals surface area contributed by atoms with E-state index in [4.69, 9.17) is 0 Å². The lowest BCUT2D eigenvalue weighted by atomic mass is 10.2. The van der Waals surface area contributed by atoms with Gasteiger partial charge in [0.05, 0.1) is 0 Å². The predicted octanol–water partition coefficient (Wildman–Crippen LogP) is 1.74. The molecule has 1 heterocycles. The first-order valence-corrected chi connectivity index (χ1v) is 5.45. The maximum Gasteiger partial charge on any atom is 0.290 e. The molecular formula is C9H14BrN3O. The molecule has 0 aliphatic rings. The second kappa shape index (κ2) is 5.14. The molecule has 0 saturated carbocycles. The largest absolute Gasteiger partial charge is 0.363 e. The highest BCUT2D eigenvalue weighted by Gasteiger charge is 2.08. The van der Waals surface area contributed by atoms with Gasteiger partial charge in [0.25, 0.3) is 5.56 Å². The summed E-state index contributed by atoms with van der Waals surface area (Å²) in [6, 6.07) is 0.223. The minimum Gasteiger partial charge on any atom is -0.363 e. The van der Waals surface area contributed by atoms with E-state index >= 15 is 0 Å². The Morgan fingerprint density at radius 1 is 1.64 bits per heavy atom. The van der Waals surface area contributed by atoms with Crippen molar-refractivity contribution in [2.24, 2.45) is 0 Å². The molecule has 0 spiro atoms. The van der Waals surface area contributed by atoms with E-state index in [9.17, 15) is 4.79 Å². The predicted molar refractivity (Wildman–Crippen MR) is 60.9 cm³/mol. The van der Waals surface area contributed by atoms with Crippen molar-refractivity contribution in [3.8, 4) is 0 Å². The third-order valence-electron chi connectivity index (χ3n) is 1.77. The zero-order valence-electron chi connectivity index (χ0n) is 8.25.